The van der Waals surface area contributed by atoms with E-state index in [4.69, 9.17) is 27.9 Å². The molecule has 1 aliphatic rings. The lowest BCUT2D eigenvalue weighted by Crippen LogP contribution is -2.44. The van der Waals surface area contributed by atoms with Gasteiger partial charge < -0.3 is 15.0 Å². The molecule has 1 unspecified atom stereocenters. The Labute approximate surface area is 155 Å². The number of fused-ring (bicyclic) bond motifs is 1. The Balaban J connectivity index is 1.94. The summed E-state index contributed by atoms with van der Waals surface area (Å²) in [6.07, 6.45) is -0.580. The van der Waals surface area contributed by atoms with E-state index in [1.54, 1.807) is 42.2 Å². The molecular formula is C18H16Cl2N2O3. The standard InChI is InChI=1S/C18H16Cl2N2O3/c1-11-18(24)22(10-12-2-4-13(20)5-3-12)15-8-14(21-17(23)9-19)6-7-16(15)25-11/h2-8,11H,9-10H2,1H3,(H,21,23). The van der Waals surface area contributed by atoms with Crippen molar-refractivity contribution in [3.63, 3.8) is 0 Å². The average molecular weight is 379 g/mol. The van der Waals surface area contributed by atoms with Gasteiger partial charge in [-0.3, -0.25) is 9.59 Å². The summed E-state index contributed by atoms with van der Waals surface area (Å²) >= 11 is 11.4. The van der Waals surface area contributed by atoms with E-state index in [0.29, 0.717) is 28.7 Å². The zero-order valence-electron chi connectivity index (χ0n) is 13.5. The number of alkyl halides is 1. The molecule has 2 amide bonds. The lowest BCUT2D eigenvalue weighted by Gasteiger charge is -2.33. The Kier molecular flexibility index (Phi) is 5.16. The molecule has 1 atom stereocenters. The Bertz CT molecular complexity index is 808. The van der Waals surface area contributed by atoms with E-state index in [9.17, 15) is 9.59 Å². The molecule has 0 saturated heterocycles. The third-order valence-corrected chi connectivity index (χ3v) is 4.32. The van der Waals surface area contributed by atoms with Crippen molar-refractivity contribution in [1.29, 1.82) is 0 Å². The molecule has 130 valence electrons. The summed E-state index contributed by atoms with van der Waals surface area (Å²) in [6, 6.07) is 12.5. The number of nitrogens with one attached hydrogen (secondary N) is 1. The summed E-state index contributed by atoms with van der Waals surface area (Å²) in [7, 11) is 0. The lowest BCUT2D eigenvalue weighted by molar-refractivity contribution is -0.125. The molecule has 1 aliphatic heterocycles. The Morgan fingerprint density at radius 2 is 1.96 bits per heavy atom. The van der Waals surface area contributed by atoms with Crippen molar-refractivity contribution in [3.8, 4) is 5.75 Å². The van der Waals surface area contributed by atoms with E-state index in [1.807, 2.05) is 12.1 Å². The van der Waals surface area contributed by atoms with Crippen molar-refractivity contribution in [1.82, 2.24) is 0 Å². The maximum Gasteiger partial charge on any atom is 0.268 e. The lowest BCUT2D eigenvalue weighted by atomic mass is 10.1. The molecule has 2 aromatic rings. The Morgan fingerprint density at radius 3 is 2.64 bits per heavy atom. The summed E-state index contributed by atoms with van der Waals surface area (Å²) in [5.74, 6) is -0.0200. The van der Waals surface area contributed by atoms with Gasteiger partial charge in [0.05, 0.1) is 12.2 Å². The number of carbonyl (C=O) groups excluding carboxylic acids is 2. The number of carbonyl (C=O) groups is 2. The van der Waals surface area contributed by atoms with E-state index < -0.39 is 6.10 Å². The first-order valence-electron chi connectivity index (χ1n) is 7.70. The minimum Gasteiger partial charge on any atom is -0.479 e. The molecule has 7 heteroatoms. The van der Waals surface area contributed by atoms with Crippen molar-refractivity contribution < 1.29 is 14.3 Å². The van der Waals surface area contributed by atoms with E-state index in [1.165, 1.54) is 0 Å². The van der Waals surface area contributed by atoms with Crippen LogP contribution in [0.15, 0.2) is 42.5 Å². The predicted octanol–water partition coefficient (Wildman–Crippen LogP) is 3.83. The molecule has 0 saturated carbocycles. The van der Waals surface area contributed by atoms with Crippen LogP contribution in [0.5, 0.6) is 5.75 Å². The number of ether oxygens (including phenoxy) is 1. The highest BCUT2D eigenvalue weighted by Crippen LogP contribution is 2.37. The summed E-state index contributed by atoms with van der Waals surface area (Å²) in [4.78, 5) is 25.8. The third-order valence-electron chi connectivity index (χ3n) is 3.83. The van der Waals surface area contributed by atoms with E-state index >= 15 is 0 Å². The highest BCUT2D eigenvalue weighted by Gasteiger charge is 2.31. The first kappa shape index (κ1) is 17.6. The van der Waals surface area contributed by atoms with E-state index in [0.717, 1.165) is 5.56 Å². The van der Waals surface area contributed by atoms with Crippen molar-refractivity contribution in [2.75, 3.05) is 16.1 Å². The molecular weight excluding hydrogens is 363 g/mol. The van der Waals surface area contributed by atoms with Crippen LogP contribution in [0.25, 0.3) is 0 Å². The number of amides is 2. The van der Waals surface area contributed by atoms with Crippen LogP contribution in [0.3, 0.4) is 0 Å². The van der Waals surface area contributed by atoms with Crippen LogP contribution in [0, 0.1) is 0 Å². The number of benzene rings is 2. The SMILES string of the molecule is CC1Oc2ccc(NC(=O)CCl)cc2N(Cc2ccc(Cl)cc2)C1=O. The molecule has 25 heavy (non-hydrogen) atoms. The molecule has 1 heterocycles. The highest BCUT2D eigenvalue weighted by atomic mass is 35.5. The molecule has 0 aromatic heterocycles. The van der Waals surface area contributed by atoms with Gasteiger partial charge in [0.1, 0.15) is 11.6 Å². The first-order chi connectivity index (χ1) is 12.0. The van der Waals surface area contributed by atoms with Gasteiger partial charge in [0, 0.05) is 10.7 Å². The number of hydrogen-bond acceptors (Lipinski definition) is 3. The fourth-order valence-electron chi connectivity index (χ4n) is 2.61. The number of rotatable bonds is 4. The number of hydrogen-bond donors (Lipinski definition) is 1. The van der Waals surface area contributed by atoms with Crippen LogP contribution in [-0.4, -0.2) is 23.8 Å². The van der Waals surface area contributed by atoms with Crippen LogP contribution in [-0.2, 0) is 16.1 Å². The summed E-state index contributed by atoms with van der Waals surface area (Å²) < 4.78 is 5.67. The smallest absolute Gasteiger partial charge is 0.268 e. The largest absolute Gasteiger partial charge is 0.479 e. The molecule has 5 nitrogen and oxygen atoms in total. The van der Waals surface area contributed by atoms with Crippen LogP contribution in [0.1, 0.15) is 12.5 Å². The fourth-order valence-corrected chi connectivity index (χ4v) is 2.81. The number of halogens is 2. The second kappa shape index (κ2) is 7.33. The van der Waals surface area contributed by atoms with Gasteiger partial charge in [-0.25, -0.2) is 0 Å². The third kappa shape index (κ3) is 3.89. The molecule has 0 radical (unpaired) electrons. The van der Waals surface area contributed by atoms with Crippen LogP contribution in [0.2, 0.25) is 5.02 Å². The second-order valence-electron chi connectivity index (χ2n) is 5.68. The topological polar surface area (TPSA) is 58.6 Å². The van der Waals surface area contributed by atoms with Gasteiger partial charge in [-0.05, 0) is 42.8 Å². The molecule has 0 aliphatic carbocycles. The predicted molar refractivity (Wildman–Crippen MR) is 98.5 cm³/mol. The summed E-state index contributed by atoms with van der Waals surface area (Å²) in [6.45, 7) is 2.09. The van der Waals surface area contributed by atoms with Gasteiger partial charge in [-0.1, -0.05) is 23.7 Å². The maximum atomic E-state index is 12.6. The van der Waals surface area contributed by atoms with Gasteiger partial charge in [-0.2, -0.15) is 0 Å². The molecule has 0 bridgehead atoms. The van der Waals surface area contributed by atoms with Crippen LogP contribution >= 0.6 is 23.2 Å². The maximum absolute atomic E-state index is 12.6. The quantitative estimate of drug-likeness (QED) is 0.822. The molecule has 0 spiro atoms. The molecule has 0 fully saturated rings. The van der Waals surface area contributed by atoms with Gasteiger partial charge in [0.25, 0.3) is 5.91 Å². The Hall–Kier alpha value is -2.24. The van der Waals surface area contributed by atoms with E-state index in [2.05, 4.69) is 5.32 Å². The number of nitrogens with zero attached hydrogens (tertiary/aromatic N) is 1. The first-order valence-corrected chi connectivity index (χ1v) is 8.61. The summed E-state index contributed by atoms with van der Waals surface area (Å²) in [5.41, 5.74) is 2.09. The monoisotopic (exact) mass is 378 g/mol. The second-order valence-corrected chi connectivity index (χ2v) is 6.38. The number of anilines is 2. The normalized spacial score (nSPS) is 16.2. The van der Waals surface area contributed by atoms with Crippen LogP contribution in [0.4, 0.5) is 11.4 Å². The molecule has 3 rings (SSSR count). The minimum atomic E-state index is -0.580. The summed E-state index contributed by atoms with van der Waals surface area (Å²) in [5, 5.41) is 3.31. The van der Waals surface area contributed by atoms with Crippen molar-refractivity contribution in [2.24, 2.45) is 0 Å². The minimum absolute atomic E-state index is 0.141. The zero-order chi connectivity index (χ0) is 18.0. The van der Waals surface area contributed by atoms with Gasteiger partial charge in [-0.15, -0.1) is 11.6 Å². The van der Waals surface area contributed by atoms with Gasteiger partial charge in [0.2, 0.25) is 5.91 Å². The average Bonchev–Trinajstić information content (AvgIpc) is 2.61. The van der Waals surface area contributed by atoms with E-state index in [-0.39, 0.29) is 17.7 Å². The van der Waals surface area contributed by atoms with Gasteiger partial charge >= 0.3 is 0 Å². The Morgan fingerprint density at radius 1 is 1.24 bits per heavy atom. The van der Waals surface area contributed by atoms with Crippen LogP contribution < -0.4 is 15.0 Å². The van der Waals surface area contributed by atoms with Crippen molar-refractivity contribution in [3.05, 3.63) is 53.1 Å². The fraction of sp³-hybridized carbons (Fsp3) is 0.222. The molecule has 1 N–H and O–H groups in total. The zero-order valence-corrected chi connectivity index (χ0v) is 15.0. The van der Waals surface area contributed by atoms with Gasteiger partial charge in [0.15, 0.2) is 6.10 Å². The van der Waals surface area contributed by atoms with Crippen molar-refractivity contribution in [2.45, 2.75) is 19.6 Å². The molecule has 2 aromatic carbocycles. The highest BCUT2D eigenvalue weighted by molar-refractivity contribution is 6.30. The van der Waals surface area contributed by atoms with Crippen molar-refractivity contribution >= 4 is 46.4 Å².